The lowest BCUT2D eigenvalue weighted by molar-refractivity contribution is 1.10. The number of H-pyrrole nitrogens is 1. The van der Waals surface area contributed by atoms with E-state index in [1.807, 2.05) is 6.07 Å². The molecule has 0 atom stereocenters. The van der Waals surface area contributed by atoms with Gasteiger partial charge < -0.3 is 0 Å². The second-order valence-corrected chi connectivity index (χ2v) is 2.72. The quantitative estimate of drug-likeness (QED) is 0.701. The van der Waals surface area contributed by atoms with Crippen molar-refractivity contribution in [3.05, 3.63) is 23.1 Å². The molecule has 0 aliphatic rings. The molecule has 4 heteroatoms. The number of halogens is 1. The van der Waals surface area contributed by atoms with Crippen molar-refractivity contribution in [1.82, 2.24) is 15.2 Å². The van der Waals surface area contributed by atoms with E-state index in [0.717, 1.165) is 15.5 Å². The van der Waals surface area contributed by atoms with Crippen LogP contribution in [0.3, 0.4) is 0 Å². The number of aromatic amines is 1. The van der Waals surface area contributed by atoms with Gasteiger partial charge in [-0.15, -0.1) is 0 Å². The van der Waals surface area contributed by atoms with E-state index in [2.05, 4.69) is 31.1 Å². The molecule has 0 fully saturated rings. The summed E-state index contributed by atoms with van der Waals surface area (Å²) in [5.41, 5.74) is 0.932. The monoisotopic (exact) mass is 198 g/mol. The van der Waals surface area contributed by atoms with Gasteiger partial charge in [0.1, 0.15) is 4.60 Å². The van der Waals surface area contributed by atoms with Crippen molar-refractivity contribution in [1.29, 1.82) is 0 Å². The number of aromatic nitrogens is 3. The zero-order valence-corrected chi connectivity index (χ0v) is 6.59. The number of rotatable bonds is 0. The van der Waals surface area contributed by atoms with Crippen LogP contribution in [0.25, 0.3) is 10.9 Å². The van der Waals surface area contributed by atoms with Gasteiger partial charge in [-0.05, 0) is 22.0 Å². The Balaban J connectivity index is 2.93. The molecule has 0 amide bonds. The summed E-state index contributed by atoms with van der Waals surface area (Å²) < 4.78 is 0.885. The van der Waals surface area contributed by atoms with E-state index < -0.39 is 0 Å². The molecule has 0 bridgehead atoms. The fraction of sp³-hybridized carbons (Fsp3) is 0. The van der Waals surface area contributed by atoms with E-state index in [1.165, 1.54) is 0 Å². The van der Waals surface area contributed by atoms with Gasteiger partial charge in [-0.1, -0.05) is 0 Å². The highest BCUT2D eigenvalue weighted by Crippen LogP contribution is 2.18. The molecular formula is C6H4BrN3. The van der Waals surface area contributed by atoms with Gasteiger partial charge in [0.2, 0.25) is 0 Å². The SMILES string of the molecule is Brc1[nH][15n]c2ccncc12. The predicted octanol–water partition coefficient (Wildman–Crippen LogP) is 1.72. The second-order valence-electron chi connectivity index (χ2n) is 1.93. The zero-order chi connectivity index (χ0) is 6.97. The van der Waals surface area contributed by atoms with Gasteiger partial charge in [-0.25, -0.2) is 0 Å². The molecule has 0 saturated heterocycles. The van der Waals surface area contributed by atoms with Crippen LogP contribution in [0.4, 0.5) is 0 Å². The highest BCUT2D eigenvalue weighted by molar-refractivity contribution is 9.10. The Kier molecular flexibility index (Phi) is 1.20. The first kappa shape index (κ1) is 5.85. The van der Waals surface area contributed by atoms with E-state index in [0.29, 0.717) is 0 Å². The molecule has 3 nitrogen and oxygen atoms in total. The third kappa shape index (κ3) is 0.724. The molecule has 0 aliphatic carbocycles. The van der Waals surface area contributed by atoms with Crippen LogP contribution in [0.5, 0.6) is 0 Å². The molecular weight excluding hydrogens is 195 g/mol. The maximum Gasteiger partial charge on any atom is 0.110 e. The maximum atomic E-state index is 4.01. The summed E-state index contributed by atoms with van der Waals surface area (Å²) in [6.45, 7) is 0. The summed E-state index contributed by atoms with van der Waals surface area (Å²) in [7, 11) is 0. The summed E-state index contributed by atoms with van der Waals surface area (Å²) in [5, 5.41) is 7.83. The number of nitrogens with one attached hydrogen (secondary N) is 1. The first-order valence-electron chi connectivity index (χ1n) is 2.81. The summed E-state index contributed by atoms with van der Waals surface area (Å²) in [4.78, 5) is 3.96. The highest BCUT2D eigenvalue weighted by atomic mass is 79.9. The predicted molar refractivity (Wildman–Crippen MR) is 41.6 cm³/mol. The van der Waals surface area contributed by atoms with Crippen LogP contribution < -0.4 is 0 Å². The summed E-state index contributed by atoms with van der Waals surface area (Å²) in [6.07, 6.45) is 3.48. The Morgan fingerprint density at radius 3 is 3.20 bits per heavy atom. The average Bonchev–Trinajstić information content (AvgIpc) is 2.34. The van der Waals surface area contributed by atoms with Crippen molar-refractivity contribution in [3.8, 4) is 0 Å². The van der Waals surface area contributed by atoms with Crippen LogP contribution in [0.1, 0.15) is 0 Å². The van der Waals surface area contributed by atoms with E-state index in [9.17, 15) is 0 Å². The lowest BCUT2D eigenvalue weighted by Gasteiger charge is -1.82. The summed E-state index contributed by atoms with van der Waals surface area (Å²) in [5.74, 6) is 0. The third-order valence-corrected chi connectivity index (χ3v) is 1.91. The normalized spacial score (nSPS) is 10.5. The fourth-order valence-corrected chi connectivity index (χ4v) is 1.22. The van der Waals surface area contributed by atoms with Crippen molar-refractivity contribution < 1.29 is 0 Å². The van der Waals surface area contributed by atoms with Gasteiger partial charge in [-0.3, -0.25) is 10.1 Å². The van der Waals surface area contributed by atoms with E-state index in [1.54, 1.807) is 12.4 Å². The molecule has 0 unspecified atom stereocenters. The molecule has 2 rings (SSSR count). The Bertz CT molecular complexity index is 355. The molecule has 2 aromatic heterocycles. The van der Waals surface area contributed by atoms with Crippen LogP contribution in [0.2, 0.25) is 0 Å². The highest BCUT2D eigenvalue weighted by Gasteiger charge is 1.98. The zero-order valence-electron chi connectivity index (χ0n) is 5.00. The smallest absolute Gasteiger partial charge is 0.110 e. The van der Waals surface area contributed by atoms with Gasteiger partial charge in [0, 0.05) is 12.4 Å². The minimum atomic E-state index is 0.885. The molecule has 10 heavy (non-hydrogen) atoms. The molecule has 1 N–H and O–H groups in total. The molecule has 0 radical (unpaired) electrons. The van der Waals surface area contributed by atoms with E-state index in [4.69, 9.17) is 0 Å². The maximum absolute atomic E-state index is 4.01. The standard InChI is InChI=1S/C6H4BrN3/c7-6-4-3-8-2-1-5(4)9-10-6/h1-3H,(H,9,10)/i9+1. The number of hydrogen-bond donors (Lipinski definition) is 1. The first-order chi connectivity index (χ1) is 4.88. The van der Waals surface area contributed by atoms with Gasteiger partial charge in [0.25, 0.3) is 0 Å². The van der Waals surface area contributed by atoms with E-state index >= 15 is 0 Å². The number of hydrogen-bond acceptors (Lipinski definition) is 2. The fourth-order valence-electron chi connectivity index (χ4n) is 0.823. The van der Waals surface area contributed by atoms with Crippen molar-refractivity contribution in [2.75, 3.05) is 0 Å². The molecule has 2 heterocycles. The summed E-state index contributed by atoms with van der Waals surface area (Å²) >= 11 is 3.31. The van der Waals surface area contributed by atoms with Gasteiger partial charge in [-0.2, -0.15) is 5.10 Å². The second kappa shape index (κ2) is 2.05. The van der Waals surface area contributed by atoms with Crippen LogP contribution >= 0.6 is 15.9 Å². The van der Waals surface area contributed by atoms with Gasteiger partial charge >= 0.3 is 0 Å². The third-order valence-electron chi connectivity index (χ3n) is 1.31. The lowest BCUT2D eigenvalue weighted by atomic mass is 10.4. The minimum Gasteiger partial charge on any atom is -0.270 e. The number of nitrogens with zero attached hydrogens (tertiary/aromatic N) is 2. The largest absolute Gasteiger partial charge is 0.270 e. The Morgan fingerprint density at radius 2 is 2.40 bits per heavy atom. The Hall–Kier alpha value is -0.900. The minimum absolute atomic E-state index is 0.885. The molecule has 0 aliphatic heterocycles. The Morgan fingerprint density at radius 1 is 1.50 bits per heavy atom. The molecule has 0 spiro atoms. The molecule has 0 aromatic carbocycles. The number of pyridine rings is 1. The van der Waals surface area contributed by atoms with E-state index in [-0.39, 0.29) is 0 Å². The topological polar surface area (TPSA) is 41.6 Å². The molecule has 50 valence electrons. The van der Waals surface area contributed by atoms with Crippen LogP contribution in [0.15, 0.2) is 23.1 Å². The lowest BCUT2D eigenvalue weighted by Crippen LogP contribution is -1.68. The average molecular weight is 199 g/mol. The van der Waals surface area contributed by atoms with Crippen molar-refractivity contribution in [3.63, 3.8) is 0 Å². The van der Waals surface area contributed by atoms with Crippen molar-refractivity contribution in [2.24, 2.45) is 0 Å². The van der Waals surface area contributed by atoms with Crippen LogP contribution in [0, 0.1) is 0 Å². The van der Waals surface area contributed by atoms with Crippen LogP contribution in [-0.2, 0) is 0 Å². The summed E-state index contributed by atoms with van der Waals surface area (Å²) in [6, 6.07) is 1.86. The van der Waals surface area contributed by atoms with Gasteiger partial charge in [0.05, 0.1) is 10.9 Å². The van der Waals surface area contributed by atoms with Crippen molar-refractivity contribution >= 4 is 26.8 Å². The Labute approximate surface area is 65.6 Å². The molecule has 0 saturated carbocycles. The molecule has 2 aromatic rings. The first-order valence-corrected chi connectivity index (χ1v) is 3.61. The van der Waals surface area contributed by atoms with Gasteiger partial charge in [0.15, 0.2) is 0 Å². The van der Waals surface area contributed by atoms with Crippen LogP contribution in [-0.4, -0.2) is 15.2 Å². The van der Waals surface area contributed by atoms with Crippen molar-refractivity contribution in [2.45, 2.75) is 0 Å². The number of fused-ring (bicyclic) bond motifs is 1.